The van der Waals surface area contributed by atoms with Crippen LogP contribution in [0.4, 0.5) is 0 Å². The number of aryl methyl sites for hydroxylation is 2. The van der Waals surface area contributed by atoms with Gasteiger partial charge < -0.3 is 10.1 Å². The van der Waals surface area contributed by atoms with Gasteiger partial charge in [-0.05, 0) is 79.4 Å². The fourth-order valence-electron chi connectivity index (χ4n) is 3.80. The zero-order valence-electron chi connectivity index (χ0n) is 20.0. The second-order valence-electron chi connectivity index (χ2n) is 8.24. The van der Waals surface area contributed by atoms with Gasteiger partial charge in [-0.1, -0.05) is 41.1 Å². The normalized spacial score (nSPS) is 10.8. The summed E-state index contributed by atoms with van der Waals surface area (Å²) in [6, 6.07) is 23.6. The van der Waals surface area contributed by atoms with Crippen molar-refractivity contribution in [1.29, 1.82) is 0 Å². The van der Waals surface area contributed by atoms with Crippen LogP contribution < -0.4 is 10.1 Å². The third-order valence-electron chi connectivity index (χ3n) is 5.76. The largest absolute Gasteiger partial charge is 0.497 e. The van der Waals surface area contributed by atoms with Gasteiger partial charge >= 0.3 is 0 Å². The van der Waals surface area contributed by atoms with Crippen LogP contribution in [0.15, 0.2) is 77.3 Å². The van der Waals surface area contributed by atoms with E-state index in [0.29, 0.717) is 12.1 Å². The molecule has 1 N–H and O–H groups in total. The first-order chi connectivity index (χ1) is 17.1. The van der Waals surface area contributed by atoms with E-state index in [1.807, 2.05) is 55.5 Å². The van der Waals surface area contributed by atoms with E-state index < -0.39 is 0 Å². The Morgan fingerprint density at radius 3 is 2.51 bits per heavy atom. The predicted octanol–water partition coefficient (Wildman–Crippen LogP) is 6.02. The molecule has 180 valence electrons. The molecule has 4 aromatic rings. The quantitative estimate of drug-likeness (QED) is 0.253. The molecule has 0 unspecified atom stereocenters. The van der Waals surface area contributed by atoms with Crippen LogP contribution in [-0.4, -0.2) is 34.3 Å². The first kappa shape index (κ1) is 24.7. The van der Waals surface area contributed by atoms with Crippen molar-refractivity contribution in [3.8, 4) is 22.8 Å². The molecule has 0 bridgehead atoms. The van der Waals surface area contributed by atoms with E-state index in [1.54, 1.807) is 11.8 Å². The summed E-state index contributed by atoms with van der Waals surface area (Å²) in [7, 11) is 1.64. The third kappa shape index (κ3) is 6.36. The van der Waals surface area contributed by atoms with Gasteiger partial charge in [0.2, 0.25) is 0 Å². The number of methoxy groups -OCH3 is 1. The van der Waals surface area contributed by atoms with Crippen LogP contribution in [-0.2, 0) is 12.8 Å². The van der Waals surface area contributed by atoms with Crippen molar-refractivity contribution in [3.05, 3.63) is 94.2 Å². The molecule has 0 aliphatic heterocycles. The van der Waals surface area contributed by atoms with Gasteiger partial charge in [0.1, 0.15) is 5.75 Å². The van der Waals surface area contributed by atoms with E-state index >= 15 is 0 Å². The summed E-state index contributed by atoms with van der Waals surface area (Å²) in [6.07, 6.45) is 3.66. The van der Waals surface area contributed by atoms with Gasteiger partial charge in [-0.3, -0.25) is 4.79 Å². The lowest BCUT2D eigenvalue weighted by molar-refractivity contribution is 0.0953. The standard InChI is InChI=1S/C28H29BrN4O2/c1-3-26-31-27(21-12-16-25(35-2)17-13-21)33(32-26)24-9-6-8-22(19-24)28(34)30-18-5-4-7-20-10-14-23(29)15-11-20/h6,8-17,19H,3-5,7,18H2,1-2H3,(H,30,34). The minimum absolute atomic E-state index is 0.0858. The number of nitrogens with one attached hydrogen (secondary N) is 1. The summed E-state index contributed by atoms with van der Waals surface area (Å²) in [5.41, 5.74) is 3.63. The zero-order chi connectivity index (χ0) is 24.6. The number of carbonyl (C=O) groups is 1. The molecular weight excluding hydrogens is 504 g/mol. The van der Waals surface area contributed by atoms with Gasteiger partial charge in [-0.2, -0.15) is 5.10 Å². The molecule has 1 heterocycles. The lowest BCUT2D eigenvalue weighted by Crippen LogP contribution is -2.24. The summed E-state index contributed by atoms with van der Waals surface area (Å²) in [5.74, 6) is 2.18. The molecule has 0 aliphatic rings. The molecule has 0 spiro atoms. The van der Waals surface area contributed by atoms with Gasteiger partial charge in [-0.15, -0.1) is 0 Å². The Bertz CT molecular complexity index is 1270. The van der Waals surface area contributed by atoms with Gasteiger partial charge in [0.15, 0.2) is 11.6 Å². The van der Waals surface area contributed by atoms with Gasteiger partial charge in [0.05, 0.1) is 12.8 Å². The Morgan fingerprint density at radius 2 is 1.80 bits per heavy atom. The summed E-state index contributed by atoms with van der Waals surface area (Å²) in [4.78, 5) is 17.5. The van der Waals surface area contributed by atoms with Crippen molar-refractivity contribution in [2.75, 3.05) is 13.7 Å². The maximum absolute atomic E-state index is 12.8. The molecule has 4 rings (SSSR count). The van der Waals surface area contributed by atoms with Crippen molar-refractivity contribution in [2.24, 2.45) is 0 Å². The first-order valence-electron chi connectivity index (χ1n) is 11.8. The Hall–Kier alpha value is -3.45. The fourth-order valence-corrected chi connectivity index (χ4v) is 4.06. The maximum Gasteiger partial charge on any atom is 0.251 e. The van der Waals surface area contributed by atoms with Crippen LogP contribution in [0.5, 0.6) is 5.75 Å². The van der Waals surface area contributed by atoms with Crippen molar-refractivity contribution < 1.29 is 9.53 Å². The minimum atomic E-state index is -0.0858. The van der Waals surface area contributed by atoms with Crippen LogP contribution >= 0.6 is 15.9 Å². The molecule has 3 aromatic carbocycles. The van der Waals surface area contributed by atoms with Crippen LogP contribution in [0.3, 0.4) is 0 Å². The number of unbranched alkanes of at least 4 members (excludes halogenated alkanes) is 1. The van der Waals surface area contributed by atoms with E-state index in [1.165, 1.54) is 5.56 Å². The van der Waals surface area contributed by atoms with Crippen LogP contribution in [0.2, 0.25) is 0 Å². The highest BCUT2D eigenvalue weighted by Crippen LogP contribution is 2.24. The molecule has 0 atom stereocenters. The van der Waals surface area contributed by atoms with Crippen LogP contribution in [0.1, 0.15) is 41.5 Å². The van der Waals surface area contributed by atoms with Crippen molar-refractivity contribution >= 4 is 21.8 Å². The van der Waals surface area contributed by atoms with E-state index in [2.05, 4.69) is 50.6 Å². The number of benzene rings is 3. The molecule has 6 nitrogen and oxygen atoms in total. The number of carbonyl (C=O) groups excluding carboxylic acids is 1. The molecule has 0 fully saturated rings. The zero-order valence-corrected chi connectivity index (χ0v) is 21.6. The smallest absolute Gasteiger partial charge is 0.251 e. The first-order valence-corrected chi connectivity index (χ1v) is 12.6. The van der Waals surface area contributed by atoms with Crippen molar-refractivity contribution in [2.45, 2.75) is 32.6 Å². The second kappa shape index (κ2) is 11.8. The second-order valence-corrected chi connectivity index (χ2v) is 9.15. The third-order valence-corrected chi connectivity index (χ3v) is 6.29. The number of hydrogen-bond donors (Lipinski definition) is 1. The molecule has 1 aromatic heterocycles. The molecule has 7 heteroatoms. The van der Waals surface area contributed by atoms with E-state index in [9.17, 15) is 4.79 Å². The minimum Gasteiger partial charge on any atom is -0.497 e. The SMILES string of the molecule is CCc1nc(-c2ccc(OC)cc2)n(-c2cccc(C(=O)NCCCCc3ccc(Br)cc3)c2)n1. The average molecular weight is 533 g/mol. The Balaban J connectivity index is 1.42. The number of hydrogen-bond acceptors (Lipinski definition) is 4. The van der Waals surface area contributed by atoms with Crippen LogP contribution in [0, 0.1) is 0 Å². The van der Waals surface area contributed by atoms with E-state index in [0.717, 1.165) is 58.8 Å². The monoisotopic (exact) mass is 532 g/mol. The summed E-state index contributed by atoms with van der Waals surface area (Å²) < 4.78 is 8.16. The molecular formula is C28H29BrN4O2. The number of ether oxygens (including phenoxy) is 1. The summed E-state index contributed by atoms with van der Waals surface area (Å²) in [6.45, 7) is 2.66. The molecule has 0 radical (unpaired) electrons. The van der Waals surface area contributed by atoms with E-state index in [-0.39, 0.29) is 5.91 Å². The number of halogens is 1. The Kier molecular flexibility index (Phi) is 8.32. The Morgan fingerprint density at radius 1 is 1.03 bits per heavy atom. The molecule has 0 saturated heterocycles. The molecule has 0 saturated carbocycles. The predicted molar refractivity (Wildman–Crippen MR) is 142 cm³/mol. The van der Waals surface area contributed by atoms with Gasteiger partial charge in [0.25, 0.3) is 5.91 Å². The summed E-state index contributed by atoms with van der Waals surface area (Å²) >= 11 is 3.46. The fraction of sp³-hybridized carbons (Fsp3) is 0.250. The van der Waals surface area contributed by atoms with Crippen molar-refractivity contribution in [3.63, 3.8) is 0 Å². The van der Waals surface area contributed by atoms with Gasteiger partial charge in [0, 0.05) is 28.6 Å². The number of rotatable bonds is 10. The van der Waals surface area contributed by atoms with Gasteiger partial charge in [-0.25, -0.2) is 9.67 Å². The maximum atomic E-state index is 12.8. The highest BCUT2D eigenvalue weighted by Gasteiger charge is 2.15. The topological polar surface area (TPSA) is 69.0 Å². The number of aromatic nitrogens is 3. The molecule has 1 amide bonds. The summed E-state index contributed by atoms with van der Waals surface area (Å²) in [5, 5.41) is 7.72. The highest BCUT2D eigenvalue weighted by atomic mass is 79.9. The van der Waals surface area contributed by atoms with Crippen molar-refractivity contribution in [1.82, 2.24) is 20.1 Å². The van der Waals surface area contributed by atoms with Crippen LogP contribution in [0.25, 0.3) is 17.1 Å². The molecule has 35 heavy (non-hydrogen) atoms. The highest BCUT2D eigenvalue weighted by molar-refractivity contribution is 9.10. The molecule has 0 aliphatic carbocycles. The lowest BCUT2D eigenvalue weighted by atomic mass is 10.1. The number of nitrogens with zero attached hydrogens (tertiary/aromatic N) is 3. The lowest BCUT2D eigenvalue weighted by Gasteiger charge is -2.10. The average Bonchev–Trinajstić information content (AvgIpc) is 3.34. The van der Waals surface area contributed by atoms with E-state index in [4.69, 9.17) is 9.72 Å². The number of amides is 1. The Labute approximate surface area is 214 Å².